The van der Waals surface area contributed by atoms with Crippen LogP contribution in [-0.4, -0.2) is 60.5 Å². The number of anilines is 2. The van der Waals surface area contributed by atoms with Crippen LogP contribution in [0.2, 0.25) is 0 Å². The van der Waals surface area contributed by atoms with Crippen LogP contribution in [0.3, 0.4) is 0 Å². The topological polar surface area (TPSA) is 52.6 Å². The smallest absolute Gasteiger partial charge is 0.227 e. The quantitative estimate of drug-likeness (QED) is 0.759. The van der Waals surface area contributed by atoms with Gasteiger partial charge in [0.1, 0.15) is 5.82 Å². The minimum Gasteiger partial charge on any atom is -0.356 e. The van der Waals surface area contributed by atoms with Crippen molar-refractivity contribution in [3.63, 3.8) is 0 Å². The van der Waals surface area contributed by atoms with Crippen molar-refractivity contribution >= 4 is 18.2 Å². The third-order valence-electron chi connectivity index (χ3n) is 4.01. The molecule has 0 bridgehead atoms. The highest BCUT2D eigenvalue weighted by Gasteiger charge is 2.20. The van der Waals surface area contributed by atoms with Gasteiger partial charge in [-0.1, -0.05) is 0 Å². The lowest BCUT2D eigenvalue weighted by atomic mass is 10.3. The number of aryl methyl sites for hydroxylation is 1. The molecule has 108 valence electrons. The zero-order valence-corrected chi connectivity index (χ0v) is 12.0. The highest BCUT2D eigenvalue weighted by atomic mass is 16.1. The second-order valence-electron chi connectivity index (χ2n) is 5.49. The molecule has 1 aromatic heterocycles. The Morgan fingerprint density at radius 1 is 1.00 bits per heavy atom. The maximum absolute atomic E-state index is 10.8. The van der Waals surface area contributed by atoms with Gasteiger partial charge < -0.3 is 14.7 Å². The molecule has 2 fully saturated rings. The molecule has 2 aliphatic heterocycles. The number of rotatable bonds is 3. The summed E-state index contributed by atoms with van der Waals surface area (Å²) in [5.41, 5.74) is 1.01. The zero-order valence-electron chi connectivity index (χ0n) is 12.0. The third-order valence-corrected chi connectivity index (χ3v) is 4.01. The van der Waals surface area contributed by atoms with Gasteiger partial charge in [-0.2, -0.15) is 4.98 Å². The summed E-state index contributed by atoms with van der Waals surface area (Å²) in [6.07, 6.45) is 3.41. The van der Waals surface area contributed by atoms with Crippen LogP contribution >= 0.6 is 0 Å². The average molecular weight is 275 g/mol. The Kier molecular flexibility index (Phi) is 3.71. The van der Waals surface area contributed by atoms with Gasteiger partial charge in [-0.3, -0.25) is 4.79 Å². The van der Waals surface area contributed by atoms with E-state index in [9.17, 15) is 4.79 Å². The molecule has 0 spiro atoms. The van der Waals surface area contributed by atoms with E-state index in [1.165, 1.54) is 12.8 Å². The maximum Gasteiger partial charge on any atom is 0.227 e. The molecule has 0 radical (unpaired) electrons. The molecule has 3 heterocycles. The number of amides is 1. The highest BCUT2D eigenvalue weighted by molar-refractivity contribution is 5.50. The minimum atomic E-state index is 0.750. The molecule has 0 saturated carbocycles. The van der Waals surface area contributed by atoms with Crippen molar-refractivity contribution in [2.75, 3.05) is 49.1 Å². The number of carbonyl (C=O) groups is 1. The first-order chi connectivity index (χ1) is 9.76. The standard InChI is InChI=1S/C14H21N5O/c1-12-10-13(18-4-2-3-5-18)16-14(15-12)19-8-6-17(11-20)7-9-19/h10-11H,2-9H2,1H3. The van der Waals surface area contributed by atoms with Crippen LogP contribution in [0.5, 0.6) is 0 Å². The number of nitrogens with zero attached hydrogens (tertiary/aromatic N) is 5. The van der Waals surface area contributed by atoms with Gasteiger partial charge in [-0.15, -0.1) is 0 Å². The normalized spacial score (nSPS) is 19.6. The van der Waals surface area contributed by atoms with Crippen molar-refractivity contribution in [2.45, 2.75) is 19.8 Å². The fourth-order valence-corrected chi connectivity index (χ4v) is 2.81. The van der Waals surface area contributed by atoms with E-state index >= 15 is 0 Å². The summed E-state index contributed by atoms with van der Waals surface area (Å²) in [7, 11) is 0. The van der Waals surface area contributed by atoms with Crippen LogP contribution in [0.25, 0.3) is 0 Å². The molecule has 3 rings (SSSR count). The van der Waals surface area contributed by atoms with Gasteiger partial charge in [-0.05, 0) is 19.8 Å². The fourth-order valence-electron chi connectivity index (χ4n) is 2.81. The molecular formula is C14H21N5O. The molecule has 1 amide bonds. The molecule has 20 heavy (non-hydrogen) atoms. The van der Waals surface area contributed by atoms with Crippen LogP contribution in [0, 0.1) is 6.92 Å². The largest absolute Gasteiger partial charge is 0.356 e. The summed E-state index contributed by atoms with van der Waals surface area (Å²) in [6.45, 7) is 7.32. The number of hydrogen-bond acceptors (Lipinski definition) is 5. The van der Waals surface area contributed by atoms with Gasteiger partial charge in [0.25, 0.3) is 0 Å². The lowest BCUT2D eigenvalue weighted by Crippen LogP contribution is -2.46. The molecule has 0 N–H and O–H groups in total. The molecular weight excluding hydrogens is 254 g/mol. The van der Waals surface area contributed by atoms with Gasteiger partial charge in [0.15, 0.2) is 0 Å². The van der Waals surface area contributed by atoms with E-state index in [1.807, 2.05) is 6.92 Å². The molecule has 0 aromatic carbocycles. The number of hydrogen-bond donors (Lipinski definition) is 0. The van der Waals surface area contributed by atoms with E-state index in [0.717, 1.165) is 63.1 Å². The predicted octanol–water partition coefficient (Wildman–Crippen LogP) is 0.664. The van der Waals surface area contributed by atoms with Crippen LogP contribution in [-0.2, 0) is 4.79 Å². The Balaban J connectivity index is 1.77. The maximum atomic E-state index is 10.8. The number of piperazine rings is 1. The zero-order chi connectivity index (χ0) is 13.9. The monoisotopic (exact) mass is 275 g/mol. The Hall–Kier alpha value is -1.85. The summed E-state index contributed by atoms with van der Waals surface area (Å²) in [6, 6.07) is 2.07. The summed E-state index contributed by atoms with van der Waals surface area (Å²) >= 11 is 0. The van der Waals surface area contributed by atoms with Gasteiger partial charge >= 0.3 is 0 Å². The van der Waals surface area contributed by atoms with Crippen LogP contribution in [0.4, 0.5) is 11.8 Å². The summed E-state index contributed by atoms with van der Waals surface area (Å²) in [5.74, 6) is 1.85. The first-order valence-corrected chi connectivity index (χ1v) is 7.31. The molecule has 0 atom stereocenters. The van der Waals surface area contributed by atoms with E-state index in [-0.39, 0.29) is 0 Å². The van der Waals surface area contributed by atoms with Crippen molar-refractivity contribution in [2.24, 2.45) is 0 Å². The highest BCUT2D eigenvalue weighted by Crippen LogP contribution is 2.21. The van der Waals surface area contributed by atoms with Crippen LogP contribution < -0.4 is 9.80 Å². The van der Waals surface area contributed by atoms with Gasteiger partial charge in [-0.25, -0.2) is 4.98 Å². The van der Waals surface area contributed by atoms with Crippen molar-refractivity contribution in [3.05, 3.63) is 11.8 Å². The van der Waals surface area contributed by atoms with Crippen molar-refractivity contribution < 1.29 is 4.79 Å². The second-order valence-corrected chi connectivity index (χ2v) is 5.49. The first-order valence-electron chi connectivity index (χ1n) is 7.31. The summed E-state index contributed by atoms with van der Waals surface area (Å²) < 4.78 is 0. The Morgan fingerprint density at radius 2 is 1.70 bits per heavy atom. The van der Waals surface area contributed by atoms with Crippen LogP contribution in [0.1, 0.15) is 18.5 Å². The van der Waals surface area contributed by atoms with Crippen molar-refractivity contribution in [1.82, 2.24) is 14.9 Å². The fraction of sp³-hybridized carbons (Fsp3) is 0.643. The third kappa shape index (κ3) is 2.69. The van der Waals surface area contributed by atoms with E-state index in [1.54, 1.807) is 4.90 Å². The Morgan fingerprint density at radius 3 is 2.35 bits per heavy atom. The van der Waals surface area contributed by atoms with Crippen molar-refractivity contribution in [1.29, 1.82) is 0 Å². The molecule has 6 nitrogen and oxygen atoms in total. The lowest BCUT2D eigenvalue weighted by molar-refractivity contribution is -0.118. The van der Waals surface area contributed by atoms with E-state index in [0.29, 0.717) is 0 Å². The molecule has 2 aliphatic rings. The van der Waals surface area contributed by atoms with Crippen LogP contribution in [0.15, 0.2) is 6.07 Å². The molecule has 2 saturated heterocycles. The van der Waals surface area contributed by atoms with Gasteiger partial charge in [0, 0.05) is 51.0 Å². The first kappa shape index (κ1) is 13.1. The number of carbonyl (C=O) groups excluding carboxylic acids is 1. The Labute approximate surface area is 119 Å². The van der Waals surface area contributed by atoms with E-state index in [4.69, 9.17) is 4.98 Å². The summed E-state index contributed by atoms with van der Waals surface area (Å²) in [4.78, 5) is 26.3. The number of aromatic nitrogens is 2. The van der Waals surface area contributed by atoms with Gasteiger partial charge in [0.2, 0.25) is 12.4 Å². The minimum absolute atomic E-state index is 0.750. The molecule has 0 unspecified atom stereocenters. The Bertz CT molecular complexity index is 478. The second kappa shape index (κ2) is 5.64. The SMILES string of the molecule is Cc1cc(N2CCCC2)nc(N2CCN(C=O)CC2)n1. The van der Waals surface area contributed by atoms with Crippen molar-refractivity contribution in [3.8, 4) is 0 Å². The molecule has 0 aliphatic carbocycles. The predicted molar refractivity (Wildman–Crippen MR) is 78.1 cm³/mol. The molecule has 6 heteroatoms. The lowest BCUT2D eigenvalue weighted by Gasteiger charge is -2.33. The van der Waals surface area contributed by atoms with Gasteiger partial charge in [0.05, 0.1) is 0 Å². The molecule has 1 aromatic rings. The van der Waals surface area contributed by atoms with E-state index < -0.39 is 0 Å². The summed E-state index contributed by atoms with van der Waals surface area (Å²) in [5, 5.41) is 0. The van der Waals surface area contributed by atoms with E-state index in [2.05, 4.69) is 20.9 Å². The average Bonchev–Trinajstić information content (AvgIpc) is 3.01.